The first kappa shape index (κ1) is 22.9. The van der Waals surface area contributed by atoms with Gasteiger partial charge < -0.3 is 11.1 Å². The number of benzene rings is 1. The molecule has 0 aromatic heterocycles. The molecule has 0 unspecified atom stereocenters. The highest BCUT2D eigenvalue weighted by Crippen LogP contribution is 2.13. The van der Waals surface area contributed by atoms with Crippen LogP contribution in [0.5, 0.6) is 0 Å². The summed E-state index contributed by atoms with van der Waals surface area (Å²) in [5.41, 5.74) is 6.32. The summed E-state index contributed by atoms with van der Waals surface area (Å²) < 4.78 is 24.2. The van der Waals surface area contributed by atoms with Crippen molar-refractivity contribution in [2.45, 2.75) is 45.1 Å². The molecule has 1 aromatic carbocycles. The number of amides is 1. The molecule has 0 saturated carbocycles. The van der Waals surface area contributed by atoms with E-state index < -0.39 is 27.0 Å². The van der Waals surface area contributed by atoms with E-state index in [1.54, 1.807) is 0 Å². The minimum Gasteiger partial charge on any atom is -0.349 e. The molecule has 24 heavy (non-hydrogen) atoms. The van der Waals surface area contributed by atoms with Gasteiger partial charge in [-0.3, -0.25) is 4.79 Å². The summed E-state index contributed by atoms with van der Waals surface area (Å²) in [5, 5.41) is 2.80. The van der Waals surface area contributed by atoms with E-state index in [9.17, 15) is 13.2 Å². The fourth-order valence-corrected chi connectivity index (χ4v) is 3.71. The molecule has 7 heteroatoms. The van der Waals surface area contributed by atoms with Crippen LogP contribution in [0.2, 0.25) is 0 Å². The van der Waals surface area contributed by atoms with Crippen LogP contribution < -0.4 is 11.1 Å². The lowest BCUT2D eigenvalue weighted by Gasteiger charge is -2.31. The summed E-state index contributed by atoms with van der Waals surface area (Å²) in [4.78, 5) is 12.0. The largest absolute Gasteiger partial charge is 0.349 e. The Kier molecular flexibility index (Phi) is 10.2. The molecule has 0 bridgehead atoms. The quantitative estimate of drug-likeness (QED) is 0.654. The van der Waals surface area contributed by atoms with Crippen molar-refractivity contribution in [1.82, 2.24) is 5.32 Å². The predicted octanol–water partition coefficient (Wildman–Crippen LogP) is 2.09. The van der Waals surface area contributed by atoms with Gasteiger partial charge in [-0.25, -0.2) is 8.42 Å². The van der Waals surface area contributed by atoms with Gasteiger partial charge in [-0.1, -0.05) is 44.2 Å². The van der Waals surface area contributed by atoms with Crippen LogP contribution in [0.1, 0.15) is 38.7 Å². The zero-order chi connectivity index (χ0) is 17.3. The highest BCUT2D eigenvalue weighted by Gasteiger charge is 2.28. The summed E-state index contributed by atoms with van der Waals surface area (Å²) in [6.45, 7) is 4.18. The molecule has 5 nitrogen and oxygen atoms in total. The minimum atomic E-state index is -3.40. The van der Waals surface area contributed by atoms with Gasteiger partial charge in [-0.05, 0) is 31.2 Å². The number of nitrogens with one attached hydrogen (secondary N) is 1. The Labute approximate surface area is 151 Å². The van der Waals surface area contributed by atoms with Crippen LogP contribution in [0.3, 0.4) is 0 Å². The lowest BCUT2D eigenvalue weighted by atomic mass is 9.93. The maximum Gasteiger partial charge on any atom is 0.235 e. The van der Waals surface area contributed by atoms with Gasteiger partial charge >= 0.3 is 0 Å². The van der Waals surface area contributed by atoms with Crippen LogP contribution in [0.15, 0.2) is 30.3 Å². The number of aryl methyl sites for hydroxylation is 1. The highest BCUT2D eigenvalue weighted by molar-refractivity contribution is 7.92. The molecule has 1 rings (SSSR count). The Balaban J connectivity index is 0.00000529. The van der Waals surface area contributed by atoms with Crippen molar-refractivity contribution < 1.29 is 13.2 Å². The topological polar surface area (TPSA) is 89.3 Å². The van der Waals surface area contributed by atoms with E-state index in [1.165, 1.54) is 0 Å². The van der Waals surface area contributed by atoms with Gasteiger partial charge in [0.25, 0.3) is 0 Å². The monoisotopic (exact) mass is 376 g/mol. The second-order valence-electron chi connectivity index (χ2n) is 5.92. The van der Waals surface area contributed by atoms with Gasteiger partial charge in [0, 0.05) is 6.54 Å². The molecule has 0 atom stereocenters. The SMILES string of the molecule is CCC(CC)(CN)NC(=O)CS(=O)(=O)CCCc1ccccc1.Cl. The van der Waals surface area contributed by atoms with E-state index in [0.29, 0.717) is 32.2 Å². The molecule has 0 aliphatic rings. The lowest BCUT2D eigenvalue weighted by molar-refractivity contribution is -0.120. The Bertz CT molecular complexity index is 579. The molecule has 1 amide bonds. The van der Waals surface area contributed by atoms with Gasteiger partial charge in [0.05, 0.1) is 11.3 Å². The number of carbonyl (C=O) groups is 1. The molecule has 0 heterocycles. The Morgan fingerprint density at radius 1 is 1.17 bits per heavy atom. The molecule has 0 spiro atoms. The smallest absolute Gasteiger partial charge is 0.235 e. The number of carbonyl (C=O) groups excluding carboxylic acids is 1. The lowest BCUT2D eigenvalue weighted by Crippen LogP contribution is -2.54. The molecule has 0 aliphatic carbocycles. The van der Waals surface area contributed by atoms with Crippen LogP contribution in [-0.2, 0) is 21.1 Å². The van der Waals surface area contributed by atoms with Crippen LogP contribution in [0.4, 0.5) is 0 Å². The molecular formula is C17H29ClN2O3S. The zero-order valence-corrected chi connectivity index (χ0v) is 16.1. The summed E-state index contributed by atoms with van der Waals surface area (Å²) in [6, 6.07) is 9.73. The van der Waals surface area contributed by atoms with Crippen LogP contribution in [-0.4, -0.2) is 37.9 Å². The van der Waals surface area contributed by atoms with Crippen LogP contribution >= 0.6 is 12.4 Å². The van der Waals surface area contributed by atoms with Crippen LogP contribution in [0.25, 0.3) is 0 Å². The Morgan fingerprint density at radius 2 is 1.75 bits per heavy atom. The maximum atomic E-state index is 12.1. The second kappa shape index (κ2) is 10.7. The molecule has 3 N–H and O–H groups in total. The van der Waals surface area contributed by atoms with Crippen molar-refractivity contribution >= 4 is 28.2 Å². The summed E-state index contributed by atoms with van der Waals surface area (Å²) in [6.07, 6.45) is 2.57. The van der Waals surface area contributed by atoms with E-state index in [0.717, 1.165) is 5.56 Å². The first-order chi connectivity index (χ1) is 10.9. The molecule has 0 aliphatic heterocycles. The fourth-order valence-electron chi connectivity index (χ4n) is 2.51. The normalized spacial score (nSPS) is 11.6. The summed E-state index contributed by atoms with van der Waals surface area (Å²) in [5.74, 6) is -0.911. The van der Waals surface area contributed by atoms with E-state index in [4.69, 9.17) is 5.73 Å². The average molecular weight is 377 g/mol. The van der Waals surface area contributed by atoms with Crippen molar-refractivity contribution in [3.8, 4) is 0 Å². The van der Waals surface area contributed by atoms with Crippen molar-refractivity contribution in [3.05, 3.63) is 35.9 Å². The van der Waals surface area contributed by atoms with Gasteiger partial charge in [0.1, 0.15) is 5.75 Å². The van der Waals surface area contributed by atoms with E-state index >= 15 is 0 Å². The summed E-state index contributed by atoms with van der Waals surface area (Å²) in [7, 11) is -3.40. The standard InChI is InChI=1S/C17H28N2O3S.ClH/c1-3-17(4-2,14-18)19-16(20)13-23(21,22)12-8-11-15-9-6-5-7-10-15;/h5-7,9-10H,3-4,8,11-14,18H2,1-2H3,(H,19,20);1H. The minimum absolute atomic E-state index is 0. The van der Waals surface area contributed by atoms with Gasteiger partial charge in [-0.15, -0.1) is 12.4 Å². The number of rotatable bonds is 10. The average Bonchev–Trinajstić information content (AvgIpc) is 2.53. The zero-order valence-electron chi connectivity index (χ0n) is 14.5. The van der Waals surface area contributed by atoms with Gasteiger partial charge in [-0.2, -0.15) is 0 Å². The second-order valence-corrected chi connectivity index (χ2v) is 8.10. The molecule has 0 radical (unpaired) electrons. The molecule has 0 saturated heterocycles. The number of halogens is 1. The molecule has 138 valence electrons. The highest BCUT2D eigenvalue weighted by atomic mass is 35.5. The number of sulfone groups is 1. The third-order valence-corrected chi connectivity index (χ3v) is 5.88. The third kappa shape index (κ3) is 7.64. The number of hydrogen-bond donors (Lipinski definition) is 2. The Morgan fingerprint density at radius 3 is 2.25 bits per heavy atom. The van der Waals surface area contributed by atoms with Crippen molar-refractivity contribution in [1.29, 1.82) is 0 Å². The maximum absolute atomic E-state index is 12.1. The van der Waals surface area contributed by atoms with E-state index in [1.807, 2.05) is 44.2 Å². The molecular weight excluding hydrogens is 348 g/mol. The summed E-state index contributed by atoms with van der Waals surface area (Å²) >= 11 is 0. The van der Waals surface area contributed by atoms with Crippen molar-refractivity contribution in [2.75, 3.05) is 18.1 Å². The number of nitrogens with two attached hydrogens (primary N) is 1. The molecule has 0 fully saturated rings. The molecule has 1 aromatic rings. The predicted molar refractivity (Wildman–Crippen MR) is 101 cm³/mol. The number of hydrogen-bond acceptors (Lipinski definition) is 4. The van der Waals surface area contributed by atoms with Crippen molar-refractivity contribution in [3.63, 3.8) is 0 Å². The Hall–Kier alpha value is -1.11. The fraction of sp³-hybridized carbons (Fsp3) is 0.588. The van der Waals surface area contributed by atoms with Gasteiger partial charge in [0.15, 0.2) is 9.84 Å². The first-order valence-electron chi connectivity index (χ1n) is 8.12. The van der Waals surface area contributed by atoms with Gasteiger partial charge in [0.2, 0.25) is 5.91 Å². The van der Waals surface area contributed by atoms with Crippen LogP contribution in [0, 0.1) is 0 Å². The van der Waals surface area contributed by atoms with E-state index in [2.05, 4.69) is 5.32 Å². The third-order valence-electron chi connectivity index (χ3n) is 4.26. The van der Waals surface area contributed by atoms with E-state index in [-0.39, 0.29) is 18.2 Å². The van der Waals surface area contributed by atoms with Crippen molar-refractivity contribution in [2.24, 2.45) is 5.73 Å². The first-order valence-corrected chi connectivity index (χ1v) is 9.94.